The van der Waals surface area contributed by atoms with E-state index in [4.69, 9.17) is 14.6 Å². The first-order valence-electron chi connectivity index (χ1n) is 8.15. The molecule has 1 N–H and O–H groups in total. The molecule has 2 rings (SSSR count). The van der Waals surface area contributed by atoms with Crippen molar-refractivity contribution in [3.05, 3.63) is 23.8 Å². The second-order valence-electron chi connectivity index (χ2n) is 5.89. The second kappa shape index (κ2) is 7.43. The van der Waals surface area contributed by atoms with E-state index in [9.17, 15) is 22.8 Å². The number of carbonyl (C=O) groups is 2. The second-order valence-corrected chi connectivity index (χ2v) is 5.89. The molecule has 0 bridgehead atoms. The van der Waals surface area contributed by atoms with E-state index in [2.05, 4.69) is 0 Å². The molecule has 1 aromatic carbocycles. The Bertz CT molecular complexity index is 691. The van der Waals surface area contributed by atoms with E-state index in [-0.39, 0.29) is 12.1 Å². The Morgan fingerprint density at radius 2 is 1.81 bits per heavy atom. The third kappa shape index (κ3) is 3.56. The number of carboxylic acids is 1. The molecule has 1 unspecified atom stereocenters. The Hall–Kier alpha value is -2.45. The van der Waals surface area contributed by atoms with Crippen LogP contribution in [-0.2, 0) is 4.79 Å². The highest BCUT2D eigenvalue weighted by atomic mass is 19.4. The minimum absolute atomic E-state index is 0.111. The van der Waals surface area contributed by atoms with Gasteiger partial charge in [-0.25, -0.2) is 0 Å². The van der Waals surface area contributed by atoms with Gasteiger partial charge in [0.1, 0.15) is 0 Å². The molecule has 1 saturated heterocycles. The number of carboxylic acid groups (broad SMARTS) is 1. The van der Waals surface area contributed by atoms with Crippen molar-refractivity contribution in [1.29, 1.82) is 0 Å². The zero-order valence-electron chi connectivity index (χ0n) is 14.4. The molecule has 1 amide bonds. The van der Waals surface area contributed by atoms with Gasteiger partial charge < -0.3 is 19.5 Å². The lowest BCUT2D eigenvalue weighted by Crippen LogP contribution is -2.47. The predicted molar refractivity (Wildman–Crippen MR) is 85.4 cm³/mol. The third-order valence-corrected chi connectivity index (χ3v) is 4.30. The van der Waals surface area contributed by atoms with Gasteiger partial charge in [0.05, 0.1) is 13.2 Å². The lowest BCUT2D eigenvalue weighted by molar-refractivity contribution is -0.227. The number of halogens is 3. The summed E-state index contributed by atoms with van der Waals surface area (Å²) in [6.45, 7) is 3.02. The van der Waals surface area contributed by atoms with Gasteiger partial charge in [-0.05, 0) is 38.5 Å². The summed E-state index contributed by atoms with van der Waals surface area (Å²) in [5.74, 6) is -1.93. The highest BCUT2D eigenvalue weighted by Crippen LogP contribution is 2.46. The van der Waals surface area contributed by atoms with Crippen molar-refractivity contribution in [2.45, 2.75) is 26.4 Å². The van der Waals surface area contributed by atoms with E-state index >= 15 is 0 Å². The van der Waals surface area contributed by atoms with Crippen LogP contribution in [0.2, 0.25) is 0 Å². The quantitative estimate of drug-likeness (QED) is 0.827. The van der Waals surface area contributed by atoms with Crippen LogP contribution in [0.15, 0.2) is 18.2 Å². The van der Waals surface area contributed by atoms with Crippen LogP contribution < -0.4 is 9.47 Å². The summed E-state index contributed by atoms with van der Waals surface area (Å²) in [5.41, 5.74) is -2.82. The maximum absolute atomic E-state index is 13.3. The third-order valence-electron chi connectivity index (χ3n) is 4.30. The molecule has 0 saturated carbocycles. The largest absolute Gasteiger partial charge is 0.490 e. The van der Waals surface area contributed by atoms with Crippen molar-refractivity contribution >= 4 is 11.9 Å². The molecule has 1 heterocycles. The molecule has 1 aliphatic heterocycles. The molecule has 6 nitrogen and oxygen atoms in total. The minimum Gasteiger partial charge on any atom is -0.490 e. The summed E-state index contributed by atoms with van der Waals surface area (Å²) in [6, 6.07) is 4.32. The van der Waals surface area contributed by atoms with E-state index < -0.39 is 36.4 Å². The summed E-state index contributed by atoms with van der Waals surface area (Å²) in [4.78, 5) is 24.7. The number of likely N-dealkylation sites (tertiary alicyclic amines) is 1. The standard InChI is InChI=1S/C17H20F3NO5/c1-3-25-12-6-5-11(9-13(12)26-4-2)14(22)21-8-7-16(10-21,15(23)24)17(18,19)20/h5-6,9H,3-4,7-8,10H2,1-2H3,(H,23,24). The highest BCUT2D eigenvalue weighted by molar-refractivity contribution is 5.95. The van der Waals surface area contributed by atoms with E-state index in [1.54, 1.807) is 13.8 Å². The molecular weight excluding hydrogens is 355 g/mol. The molecular formula is C17H20F3NO5. The fourth-order valence-electron chi connectivity index (χ4n) is 2.88. The zero-order chi connectivity index (χ0) is 19.5. The SMILES string of the molecule is CCOc1ccc(C(=O)N2CCC(C(=O)O)(C(F)(F)F)C2)cc1OCC. The van der Waals surface area contributed by atoms with Crippen LogP contribution in [0.25, 0.3) is 0 Å². The van der Waals surface area contributed by atoms with E-state index in [0.29, 0.717) is 24.7 Å². The molecule has 1 atom stereocenters. The average molecular weight is 375 g/mol. The van der Waals surface area contributed by atoms with Gasteiger partial charge in [-0.3, -0.25) is 9.59 Å². The monoisotopic (exact) mass is 375 g/mol. The van der Waals surface area contributed by atoms with Gasteiger partial charge in [0.15, 0.2) is 16.9 Å². The number of nitrogens with zero attached hydrogens (tertiary/aromatic N) is 1. The predicted octanol–water partition coefficient (Wildman–Crippen LogP) is 2.96. The smallest absolute Gasteiger partial charge is 0.406 e. The Balaban J connectivity index is 2.27. The minimum atomic E-state index is -4.94. The van der Waals surface area contributed by atoms with Crippen LogP contribution >= 0.6 is 0 Å². The van der Waals surface area contributed by atoms with Crippen molar-refractivity contribution in [2.24, 2.45) is 5.41 Å². The van der Waals surface area contributed by atoms with Gasteiger partial charge in [0.2, 0.25) is 0 Å². The molecule has 9 heteroatoms. The Labute approximate surface area is 148 Å². The van der Waals surface area contributed by atoms with Gasteiger partial charge >= 0.3 is 12.1 Å². The molecule has 1 aromatic rings. The fourth-order valence-corrected chi connectivity index (χ4v) is 2.88. The summed E-state index contributed by atoms with van der Waals surface area (Å²) < 4.78 is 50.5. The maximum atomic E-state index is 13.3. The van der Waals surface area contributed by atoms with Crippen LogP contribution in [0, 0.1) is 5.41 Å². The van der Waals surface area contributed by atoms with Crippen molar-refractivity contribution in [2.75, 3.05) is 26.3 Å². The number of hydrogen-bond donors (Lipinski definition) is 1. The normalized spacial score (nSPS) is 20.1. The summed E-state index contributed by atoms with van der Waals surface area (Å²) in [7, 11) is 0. The zero-order valence-corrected chi connectivity index (χ0v) is 14.4. The van der Waals surface area contributed by atoms with Crippen LogP contribution in [0.3, 0.4) is 0 Å². The van der Waals surface area contributed by atoms with Crippen molar-refractivity contribution in [3.8, 4) is 11.5 Å². The topological polar surface area (TPSA) is 76.1 Å². The van der Waals surface area contributed by atoms with Crippen LogP contribution in [-0.4, -0.2) is 54.4 Å². The number of aliphatic carboxylic acids is 1. The summed E-state index contributed by atoms with van der Waals surface area (Å²) >= 11 is 0. The molecule has 1 aliphatic rings. The average Bonchev–Trinajstić information content (AvgIpc) is 3.03. The van der Waals surface area contributed by atoms with Crippen LogP contribution in [0.5, 0.6) is 11.5 Å². The lowest BCUT2D eigenvalue weighted by atomic mass is 9.86. The highest BCUT2D eigenvalue weighted by Gasteiger charge is 2.64. The number of alkyl halides is 3. The number of carbonyl (C=O) groups excluding carboxylic acids is 1. The van der Waals surface area contributed by atoms with Crippen LogP contribution in [0.4, 0.5) is 13.2 Å². The molecule has 1 fully saturated rings. The van der Waals surface area contributed by atoms with Gasteiger partial charge in [-0.2, -0.15) is 13.2 Å². The first kappa shape index (κ1) is 19.9. The maximum Gasteiger partial charge on any atom is 0.406 e. The van der Waals surface area contributed by atoms with Gasteiger partial charge in [-0.15, -0.1) is 0 Å². The Morgan fingerprint density at radius 1 is 1.19 bits per heavy atom. The molecule has 0 radical (unpaired) electrons. The lowest BCUT2D eigenvalue weighted by Gasteiger charge is -2.27. The molecule has 0 aliphatic carbocycles. The van der Waals surface area contributed by atoms with E-state index in [1.807, 2.05) is 0 Å². The van der Waals surface area contributed by atoms with Gasteiger partial charge in [0, 0.05) is 18.7 Å². The molecule has 0 aromatic heterocycles. The molecule has 0 spiro atoms. The fraction of sp³-hybridized carbons (Fsp3) is 0.529. The van der Waals surface area contributed by atoms with E-state index in [0.717, 1.165) is 4.90 Å². The number of benzene rings is 1. The van der Waals surface area contributed by atoms with Gasteiger partial charge in [-0.1, -0.05) is 0 Å². The van der Waals surface area contributed by atoms with E-state index in [1.165, 1.54) is 18.2 Å². The molecule has 26 heavy (non-hydrogen) atoms. The first-order chi connectivity index (χ1) is 12.2. The Kier molecular flexibility index (Phi) is 5.68. The number of hydrogen-bond acceptors (Lipinski definition) is 4. The first-order valence-corrected chi connectivity index (χ1v) is 8.15. The summed E-state index contributed by atoms with van der Waals surface area (Å²) in [6.07, 6.45) is -5.61. The summed E-state index contributed by atoms with van der Waals surface area (Å²) in [5, 5.41) is 9.08. The van der Waals surface area contributed by atoms with Crippen LogP contribution in [0.1, 0.15) is 30.6 Å². The van der Waals surface area contributed by atoms with Crippen molar-refractivity contribution in [1.82, 2.24) is 4.90 Å². The van der Waals surface area contributed by atoms with Crippen molar-refractivity contribution < 1.29 is 37.3 Å². The number of ether oxygens (including phenoxy) is 2. The van der Waals surface area contributed by atoms with Gasteiger partial charge in [0.25, 0.3) is 5.91 Å². The number of rotatable bonds is 6. The molecule has 144 valence electrons. The number of amides is 1. The van der Waals surface area contributed by atoms with Crippen molar-refractivity contribution in [3.63, 3.8) is 0 Å². The Morgan fingerprint density at radius 3 is 2.31 bits per heavy atom.